The molecule has 1 fully saturated rings. The molecule has 0 aromatic heterocycles. The highest BCUT2D eigenvalue weighted by Gasteiger charge is 2.13. The third-order valence-corrected chi connectivity index (χ3v) is 3.49. The molecule has 1 saturated heterocycles. The molecule has 1 aliphatic rings. The Labute approximate surface area is 116 Å². The first-order chi connectivity index (χ1) is 9.16. The van der Waals surface area contributed by atoms with Crippen molar-refractivity contribution >= 4 is 5.69 Å². The Hall–Kier alpha value is -1.06. The fourth-order valence-electron chi connectivity index (χ4n) is 2.49. The average molecular weight is 262 g/mol. The molecule has 3 nitrogen and oxygen atoms in total. The van der Waals surface area contributed by atoms with Crippen LogP contribution in [0.25, 0.3) is 0 Å². The standard InChI is InChI=1S/C16H26N2O/c1-13(2)11-17-12-15-4-5-16(14(3)10-15)18-6-8-19-9-7-18/h4-5,10,13,17H,6-9,11-12H2,1-3H3. The van der Waals surface area contributed by atoms with Crippen molar-refractivity contribution in [3.63, 3.8) is 0 Å². The second kappa shape index (κ2) is 6.92. The lowest BCUT2D eigenvalue weighted by atomic mass is 10.1. The molecule has 2 rings (SSSR count). The number of aryl methyl sites for hydroxylation is 1. The van der Waals surface area contributed by atoms with Crippen molar-refractivity contribution in [1.82, 2.24) is 5.32 Å². The van der Waals surface area contributed by atoms with E-state index in [1.165, 1.54) is 16.8 Å². The summed E-state index contributed by atoms with van der Waals surface area (Å²) in [5, 5.41) is 3.49. The van der Waals surface area contributed by atoms with Crippen LogP contribution in [0, 0.1) is 12.8 Å². The van der Waals surface area contributed by atoms with Crippen molar-refractivity contribution in [2.45, 2.75) is 27.3 Å². The zero-order valence-corrected chi connectivity index (χ0v) is 12.4. The van der Waals surface area contributed by atoms with E-state index in [4.69, 9.17) is 4.74 Å². The second-order valence-corrected chi connectivity index (χ2v) is 5.75. The number of nitrogens with zero attached hydrogens (tertiary/aromatic N) is 1. The molecule has 106 valence electrons. The molecular weight excluding hydrogens is 236 g/mol. The molecule has 1 aromatic carbocycles. The fourth-order valence-corrected chi connectivity index (χ4v) is 2.49. The van der Waals surface area contributed by atoms with Gasteiger partial charge in [0.2, 0.25) is 0 Å². The molecule has 0 bridgehead atoms. The Morgan fingerprint density at radius 3 is 2.63 bits per heavy atom. The summed E-state index contributed by atoms with van der Waals surface area (Å²) >= 11 is 0. The van der Waals surface area contributed by atoms with Gasteiger partial charge in [0, 0.05) is 25.3 Å². The number of rotatable bonds is 5. The molecule has 3 heteroatoms. The van der Waals surface area contributed by atoms with Crippen molar-refractivity contribution in [2.24, 2.45) is 5.92 Å². The van der Waals surface area contributed by atoms with Crippen LogP contribution in [-0.2, 0) is 11.3 Å². The van der Waals surface area contributed by atoms with Gasteiger partial charge < -0.3 is 15.0 Å². The van der Waals surface area contributed by atoms with Gasteiger partial charge >= 0.3 is 0 Å². The number of nitrogens with one attached hydrogen (secondary N) is 1. The molecular formula is C16H26N2O. The zero-order valence-electron chi connectivity index (χ0n) is 12.4. The van der Waals surface area contributed by atoms with E-state index in [1.54, 1.807) is 0 Å². The summed E-state index contributed by atoms with van der Waals surface area (Å²) in [6.45, 7) is 12.4. The first-order valence-electron chi connectivity index (χ1n) is 7.30. The SMILES string of the molecule is Cc1cc(CNCC(C)C)ccc1N1CCOCC1. The van der Waals surface area contributed by atoms with Crippen LogP contribution < -0.4 is 10.2 Å². The first kappa shape index (κ1) is 14.4. The summed E-state index contributed by atoms with van der Waals surface area (Å²) < 4.78 is 5.41. The van der Waals surface area contributed by atoms with Crippen LogP contribution in [0.1, 0.15) is 25.0 Å². The van der Waals surface area contributed by atoms with Crippen molar-refractivity contribution in [2.75, 3.05) is 37.7 Å². The largest absolute Gasteiger partial charge is 0.378 e. The Kier molecular flexibility index (Phi) is 5.23. The van der Waals surface area contributed by atoms with Gasteiger partial charge in [0.05, 0.1) is 13.2 Å². The monoisotopic (exact) mass is 262 g/mol. The van der Waals surface area contributed by atoms with Gasteiger partial charge in [-0.25, -0.2) is 0 Å². The lowest BCUT2D eigenvalue weighted by molar-refractivity contribution is 0.122. The maximum absolute atomic E-state index is 5.41. The van der Waals surface area contributed by atoms with Crippen molar-refractivity contribution in [1.29, 1.82) is 0 Å². The highest BCUT2D eigenvalue weighted by molar-refractivity contribution is 5.54. The lowest BCUT2D eigenvalue weighted by Crippen LogP contribution is -2.36. The molecule has 1 aliphatic heterocycles. The third kappa shape index (κ3) is 4.22. The smallest absolute Gasteiger partial charge is 0.0642 e. The van der Waals surface area contributed by atoms with E-state index in [0.29, 0.717) is 5.92 Å². The molecule has 0 spiro atoms. The predicted octanol–water partition coefficient (Wildman–Crippen LogP) is 2.58. The normalized spacial score (nSPS) is 16.1. The van der Waals surface area contributed by atoms with Crippen LogP contribution in [0.4, 0.5) is 5.69 Å². The molecule has 1 heterocycles. The van der Waals surface area contributed by atoms with Gasteiger partial charge in [-0.1, -0.05) is 26.0 Å². The van der Waals surface area contributed by atoms with Crippen LogP contribution in [0.3, 0.4) is 0 Å². The number of hydrogen-bond acceptors (Lipinski definition) is 3. The van der Waals surface area contributed by atoms with Crippen LogP contribution in [-0.4, -0.2) is 32.8 Å². The topological polar surface area (TPSA) is 24.5 Å². The molecule has 0 aliphatic carbocycles. The van der Waals surface area contributed by atoms with E-state index < -0.39 is 0 Å². The van der Waals surface area contributed by atoms with Crippen molar-refractivity contribution in [3.05, 3.63) is 29.3 Å². The molecule has 1 N–H and O–H groups in total. The number of anilines is 1. The summed E-state index contributed by atoms with van der Waals surface area (Å²) in [6, 6.07) is 6.80. The van der Waals surface area contributed by atoms with Gasteiger partial charge in [0.15, 0.2) is 0 Å². The highest BCUT2D eigenvalue weighted by Crippen LogP contribution is 2.22. The Balaban J connectivity index is 1.96. The van der Waals surface area contributed by atoms with Gasteiger partial charge in [-0.05, 0) is 36.6 Å². The maximum Gasteiger partial charge on any atom is 0.0642 e. The molecule has 0 amide bonds. The fraction of sp³-hybridized carbons (Fsp3) is 0.625. The number of ether oxygens (including phenoxy) is 1. The Morgan fingerprint density at radius 1 is 1.26 bits per heavy atom. The van der Waals surface area contributed by atoms with E-state index in [9.17, 15) is 0 Å². The lowest BCUT2D eigenvalue weighted by Gasteiger charge is -2.30. The highest BCUT2D eigenvalue weighted by atomic mass is 16.5. The molecule has 0 saturated carbocycles. The van der Waals surface area contributed by atoms with Crippen LogP contribution in [0.5, 0.6) is 0 Å². The zero-order chi connectivity index (χ0) is 13.7. The van der Waals surface area contributed by atoms with Crippen molar-refractivity contribution in [3.8, 4) is 0 Å². The third-order valence-electron chi connectivity index (χ3n) is 3.49. The Bertz CT molecular complexity index is 398. The van der Waals surface area contributed by atoms with E-state index in [1.807, 2.05) is 0 Å². The van der Waals surface area contributed by atoms with Gasteiger partial charge in [-0.3, -0.25) is 0 Å². The van der Waals surface area contributed by atoms with E-state index in [0.717, 1.165) is 39.4 Å². The minimum Gasteiger partial charge on any atom is -0.378 e. The summed E-state index contributed by atoms with van der Waals surface area (Å²) in [6.07, 6.45) is 0. The van der Waals surface area contributed by atoms with Crippen LogP contribution >= 0.6 is 0 Å². The second-order valence-electron chi connectivity index (χ2n) is 5.75. The van der Waals surface area contributed by atoms with E-state index in [-0.39, 0.29) is 0 Å². The average Bonchev–Trinajstić information content (AvgIpc) is 2.39. The van der Waals surface area contributed by atoms with Gasteiger partial charge in [-0.15, -0.1) is 0 Å². The van der Waals surface area contributed by atoms with Gasteiger partial charge in [0.25, 0.3) is 0 Å². The van der Waals surface area contributed by atoms with Crippen LogP contribution in [0.15, 0.2) is 18.2 Å². The Morgan fingerprint density at radius 2 is 2.00 bits per heavy atom. The van der Waals surface area contributed by atoms with Crippen molar-refractivity contribution < 1.29 is 4.74 Å². The van der Waals surface area contributed by atoms with E-state index in [2.05, 4.69) is 49.2 Å². The number of hydrogen-bond donors (Lipinski definition) is 1. The molecule has 19 heavy (non-hydrogen) atoms. The predicted molar refractivity (Wildman–Crippen MR) is 80.8 cm³/mol. The summed E-state index contributed by atoms with van der Waals surface area (Å²) in [4.78, 5) is 2.42. The summed E-state index contributed by atoms with van der Waals surface area (Å²) in [5.74, 6) is 0.703. The quantitative estimate of drug-likeness (QED) is 0.882. The first-order valence-corrected chi connectivity index (χ1v) is 7.30. The van der Waals surface area contributed by atoms with E-state index >= 15 is 0 Å². The van der Waals surface area contributed by atoms with Crippen LogP contribution in [0.2, 0.25) is 0 Å². The molecule has 0 radical (unpaired) electrons. The van der Waals surface area contributed by atoms with Gasteiger partial charge in [0.1, 0.15) is 0 Å². The maximum atomic E-state index is 5.41. The molecule has 0 atom stereocenters. The molecule has 0 unspecified atom stereocenters. The minimum atomic E-state index is 0.703. The number of morpholine rings is 1. The molecule has 1 aromatic rings. The minimum absolute atomic E-state index is 0.703. The summed E-state index contributed by atoms with van der Waals surface area (Å²) in [7, 11) is 0. The summed E-state index contributed by atoms with van der Waals surface area (Å²) in [5.41, 5.74) is 4.09. The van der Waals surface area contributed by atoms with Gasteiger partial charge in [-0.2, -0.15) is 0 Å². The number of benzene rings is 1.